The molecular weight excluding hydrogens is 164 g/mol. The Morgan fingerprint density at radius 1 is 1.54 bits per heavy atom. The van der Waals surface area contributed by atoms with E-state index in [2.05, 4.69) is 6.92 Å². The standard InChI is InChI=1S/C11H18O2/c1-3-4-5-6-10-7-11(12)9(2)8-13-10/h7,9H,3-6,8H2,1-2H3. The van der Waals surface area contributed by atoms with Crippen LogP contribution < -0.4 is 0 Å². The summed E-state index contributed by atoms with van der Waals surface area (Å²) >= 11 is 0. The van der Waals surface area contributed by atoms with Gasteiger partial charge in [0.1, 0.15) is 0 Å². The fourth-order valence-corrected chi connectivity index (χ4v) is 1.35. The molecule has 0 aromatic carbocycles. The molecule has 0 fully saturated rings. The Kier molecular flexibility index (Phi) is 4.00. The Hall–Kier alpha value is -0.790. The predicted octanol–water partition coefficient (Wildman–Crippen LogP) is 2.69. The molecule has 1 aliphatic rings. The minimum atomic E-state index is 0.0509. The Labute approximate surface area is 80.0 Å². The van der Waals surface area contributed by atoms with E-state index < -0.39 is 0 Å². The summed E-state index contributed by atoms with van der Waals surface area (Å²) in [4.78, 5) is 11.3. The van der Waals surface area contributed by atoms with Gasteiger partial charge in [-0.05, 0) is 6.42 Å². The van der Waals surface area contributed by atoms with Crippen molar-refractivity contribution in [2.24, 2.45) is 5.92 Å². The first-order chi connectivity index (χ1) is 6.24. The van der Waals surface area contributed by atoms with Gasteiger partial charge in [0.05, 0.1) is 18.3 Å². The molecule has 1 rings (SSSR count). The SMILES string of the molecule is CCCCCC1=CC(=O)C(C)CO1. The largest absolute Gasteiger partial charge is 0.497 e. The molecule has 1 heterocycles. The van der Waals surface area contributed by atoms with E-state index in [1.165, 1.54) is 12.8 Å². The van der Waals surface area contributed by atoms with Gasteiger partial charge in [-0.2, -0.15) is 0 Å². The average molecular weight is 182 g/mol. The highest BCUT2D eigenvalue weighted by atomic mass is 16.5. The van der Waals surface area contributed by atoms with Gasteiger partial charge in [-0.3, -0.25) is 4.79 Å². The summed E-state index contributed by atoms with van der Waals surface area (Å²) in [6, 6.07) is 0. The minimum Gasteiger partial charge on any atom is -0.497 e. The number of carbonyl (C=O) groups excluding carboxylic acids is 1. The van der Waals surface area contributed by atoms with E-state index in [-0.39, 0.29) is 11.7 Å². The Bertz CT molecular complexity index is 206. The Morgan fingerprint density at radius 3 is 2.92 bits per heavy atom. The number of hydrogen-bond donors (Lipinski definition) is 0. The molecule has 1 atom stereocenters. The van der Waals surface area contributed by atoms with Crippen molar-refractivity contribution in [3.05, 3.63) is 11.8 Å². The van der Waals surface area contributed by atoms with E-state index in [1.807, 2.05) is 6.92 Å². The molecule has 13 heavy (non-hydrogen) atoms. The first kappa shape index (κ1) is 10.3. The second-order valence-corrected chi connectivity index (χ2v) is 3.68. The van der Waals surface area contributed by atoms with Crippen molar-refractivity contribution in [1.82, 2.24) is 0 Å². The van der Waals surface area contributed by atoms with Gasteiger partial charge in [-0.1, -0.05) is 26.7 Å². The lowest BCUT2D eigenvalue weighted by Crippen LogP contribution is -2.20. The molecule has 0 amide bonds. The lowest BCUT2D eigenvalue weighted by molar-refractivity contribution is -0.120. The fraction of sp³-hybridized carbons (Fsp3) is 0.727. The van der Waals surface area contributed by atoms with E-state index in [4.69, 9.17) is 4.74 Å². The van der Waals surface area contributed by atoms with Crippen LogP contribution in [-0.2, 0) is 9.53 Å². The maximum Gasteiger partial charge on any atom is 0.165 e. The van der Waals surface area contributed by atoms with Gasteiger partial charge < -0.3 is 4.74 Å². The third-order valence-electron chi connectivity index (χ3n) is 2.33. The highest BCUT2D eigenvalue weighted by Gasteiger charge is 2.18. The first-order valence-electron chi connectivity index (χ1n) is 5.11. The van der Waals surface area contributed by atoms with Crippen LogP contribution in [0.25, 0.3) is 0 Å². The number of unbranched alkanes of at least 4 members (excludes halogenated alkanes) is 2. The zero-order valence-corrected chi connectivity index (χ0v) is 8.51. The number of carbonyl (C=O) groups is 1. The highest BCUT2D eigenvalue weighted by molar-refractivity contribution is 5.92. The summed E-state index contributed by atoms with van der Waals surface area (Å²) in [6.07, 6.45) is 6.14. The van der Waals surface area contributed by atoms with Gasteiger partial charge in [0.2, 0.25) is 0 Å². The van der Waals surface area contributed by atoms with Gasteiger partial charge in [-0.25, -0.2) is 0 Å². The second kappa shape index (κ2) is 5.05. The number of rotatable bonds is 4. The molecule has 74 valence electrons. The zero-order valence-electron chi connectivity index (χ0n) is 8.51. The molecule has 0 aromatic rings. The molecule has 0 bridgehead atoms. The predicted molar refractivity (Wildman–Crippen MR) is 52.3 cm³/mol. The Morgan fingerprint density at radius 2 is 2.31 bits per heavy atom. The van der Waals surface area contributed by atoms with E-state index in [9.17, 15) is 4.79 Å². The quantitative estimate of drug-likeness (QED) is 0.625. The van der Waals surface area contributed by atoms with Crippen LogP contribution in [0.5, 0.6) is 0 Å². The van der Waals surface area contributed by atoms with Crippen LogP contribution >= 0.6 is 0 Å². The molecule has 0 radical (unpaired) electrons. The van der Waals surface area contributed by atoms with Crippen LogP contribution in [0.3, 0.4) is 0 Å². The average Bonchev–Trinajstić information content (AvgIpc) is 2.12. The summed E-state index contributed by atoms with van der Waals surface area (Å²) in [5, 5.41) is 0. The number of hydrogen-bond acceptors (Lipinski definition) is 2. The lowest BCUT2D eigenvalue weighted by Gasteiger charge is -2.18. The molecule has 1 unspecified atom stereocenters. The van der Waals surface area contributed by atoms with Crippen LogP contribution in [-0.4, -0.2) is 12.4 Å². The van der Waals surface area contributed by atoms with Crippen molar-refractivity contribution >= 4 is 5.78 Å². The van der Waals surface area contributed by atoms with Crippen molar-refractivity contribution in [2.45, 2.75) is 39.5 Å². The van der Waals surface area contributed by atoms with Gasteiger partial charge in [0.25, 0.3) is 0 Å². The number of ether oxygens (including phenoxy) is 1. The van der Waals surface area contributed by atoms with Gasteiger partial charge in [0.15, 0.2) is 5.78 Å². The van der Waals surface area contributed by atoms with E-state index in [0.717, 1.165) is 18.6 Å². The van der Waals surface area contributed by atoms with E-state index >= 15 is 0 Å². The van der Waals surface area contributed by atoms with Crippen molar-refractivity contribution in [2.75, 3.05) is 6.61 Å². The maximum atomic E-state index is 11.3. The molecule has 2 heteroatoms. The third kappa shape index (κ3) is 3.21. The molecule has 1 aliphatic heterocycles. The smallest absolute Gasteiger partial charge is 0.165 e. The summed E-state index contributed by atoms with van der Waals surface area (Å²) in [7, 11) is 0. The summed E-state index contributed by atoms with van der Waals surface area (Å²) in [6.45, 7) is 4.64. The van der Waals surface area contributed by atoms with Crippen LogP contribution in [0, 0.1) is 5.92 Å². The van der Waals surface area contributed by atoms with Gasteiger partial charge >= 0.3 is 0 Å². The van der Waals surface area contributed by atoms with Crippen molar-refractivity contribution in [3.8, 4) is 0 Å². The zero-order chi connectivity index (χ0) is 9.68. The molecule has 2 nitrogen and oxygen atoms in total. The monoisotopic (exact) mass is 182 g/mol. The Balaban J connectivity index is 2.34. The molecule has 0 N–H and O–H groups in total. The van der Waals surface area contributed by atoms with Crippen LogP contribution in [0.2, 0.25) is 0 Å². The molecule has 0 saturated heterocycles. The van der Waals surface area contributed by atoms with Crippen LogP contribution in [0.15, 0.2) is 11.8 Å². The highest BCUT2D eigenvalue weighted by Crippen LogP contribution is 2.17. The van der Waals surface area contributed by atoms with Crippen molar-refractivity contribution < 1.29 is 9.53 Å². The summed E-state index contributed by atoms with van der Waals surface area (Å²) in [5.41, 5.74) is 0. The normalized spacial score (nSPS) is 22.5. The first-order valence-corrected chi connectivity index (χ1v) is 5.11. The van der Waals surface area contributed by atoms with Crippen LogP contribution in [0.4, 0.5) is 0 Å². The second-order valence-electron chi connectivity index (χ2n) is 3.68. The summed E-state index contributed by atoms with van der Waals surface area (Å²) < 4.78 is 5.45. The fourth-order valence-electron chi connectivity index (χ4n) is 1.35. The third-order valence-corrected chi connectivity index (χ3v) is 2.33. The number of ketones is 1. The topological polar surface area (TPSA) is 26.3 Å². The number of allylic oxidation sites excluding steroid dienone is 2. The maximum absolute atomic E-state index is 11.3. The van der Waals surface area contributed by atoms with E-state index in [0.29, 0.717) is 6.61 Å². The molecular formula is C11H18O2. The van der Waals surface area contributed by atoms with Crippen molar-refractivity contribution in [3.63, 3.8) is 0 Å². The summed E-state index contributed by atoms with van der Waals surface area (Å²) in [5.74, 6) is 1.16. The van der Waals surface area contributed by atoms with E-state index in [1.54, 1.807) is 6.08 Å². The van der Waals surface area contributed by atoms with Gasteiger partial charge in [0, 0.05) is 12.5 Å². The minimum absolute atomic E-state index is 0.0509. The van der Waals surface area contributed by atoms with Crippen molar-refractivity contribution in [1.29, 1.82) is 0 Å². The van der Waals surface area contributed by atoms with Gasteiger partial charge in [-0.15, -0.1) is 0 Å². The lowest BCUT2D eigenvalue weighted by atomic mass is 10.0. The molecule has 0 aromatic heterocycles. The molecule has 0 aliphatic carbocycles. The molecule has 0 spiro atoms. The molecule has 0 saturated carbocycles. The van der Waals surface area contributed by atoms with Crippen LogP contribution in [0.1, 0.15) is 39.5 Å².